The minimum atomic E-state index is 0.798. The van der Waals surface area contributed by atoms with Crippen LogP contribution in [0.5, 0.6) is 0 Å². The highest BCUT2D eigenvalue weighted by molar-refractivity contribution is 6.28. The van der Waals surface area contributed by atoms with Gasteiger partial charge in [-0.05, 0) is 82.6 Å². The maximum atomic E-state index is 6.95. The van der Waals surface area contributed by atoms with Crippen LogP contribution in [0.3, 0.4) is 0 Å². The predicted octanol–water partition coefficient (Wildman–Crippen LogP) is 15.3. The fraction of sp³-hybridized carbons (Fsp3) is 0. The van der Waals surface area contributed by atoms with Gasteiger partial charge in [0.15, 0.2) is 0 Å². The van der Waals surface area contributed by atoms with Gasteiger partial charge >= 0.3 is 0 Å². The summed E-state index contributed by atoms with van der Waals surface area (Å²) < 4.78 is 20.1. The van der Waals surface area contributed by atoms with Gasteiger partial charge in [-0.3, -0.25) is 0 Å². The monoisotopic (exact) mass is 717 g/mol. The van der Waals surface area contributed by atoms with Crippen LogP contribution in [-0.4, -0.2) is 0 Å². The normalized spacial score (nSPS) is 11.9. The number of fused-ring (bicyclic) bond motifs is 11. The lowest BCUT2D eigenvalue weighted by molar-refractivity contribution is 0.662. The summed E-state index contributed by atoms with van der Waals surface area (Å²) in [5, 5.41) is 8.66. The number of rotatable bonds is 5. The molecule has 0 aliphatic heterocycles. The molecule has 0 spiro atoms. The fourth-order valence-electron chi connectivity index (χ4n) is 8.65. The van der Waals surface area contributed by atoms with Crippen LogP contribution in [0.4, 0.5) is 17.1 Å². The molecule has 0 amide bonds. The molecule has 0 atom stereocenters. The van der Waals surface area contributed by atoms with Crippen LogP contribution in [-0.2, 0) is 0 Å². The quantitative estimate of drug-likeness (QED) is 0.178. The molecular weight excluding hydrogens is 687 g/mol. The molecule has 0 bridgehead atoms. The van der Waals surface area contributed by atoms with E-state index in [1.165, 1.54) is 16.3 Å². The van der Waals surface area contributed by atoms with E-state index < -0.39 is 0 Å². The van der Waals surface area contributed by atoms with Crippen LogP contribution in [0, 0.1) is 0 Å². The zero-order valence-electron chi connectivity index (χ0n) is 30.1. The predicted molar refractivity (Wildman–Crippen MR) is 231 cm³/mol. The number of nitrogens with zero attached hydrogens (tertiary/aromatic N) is 1. The lowest BCUT2D eigenvalue weighted by Crippen LogP contribution is -2.10. The summed E-state index contributed by atoms with van der Waals surface area (Å²) >= 11 is 0. The lowest BCUT2D eigenvalue weighted by atomic mass is 9.97. The largest absolute Gasteiger partial charge is 0.456 e. The van der Waals surface area contributed by atoms with E-state index in [9.17, 15) is 0 Å². The molecule has 262 valence electrons. The molecule has 3 aromatic heterocycles. The maximum absolute atomic E-state index is 6.95. The first-order valence-corrected chi connectivity index (χ1v) is 18.9. The van der Waals surface area contributed by atoms with Crippen molar-refractivity contribution < 1.29 is 13.3 Å². The summed E-state index contributed by atoms with van der Waals surface area (Å²) in [7, 11) is 0. The second-order valence-corrected chi connectivity index (χ2v) is 14.4. The number of hydrogen-bond acceptors (Lipinski definition) is 4. The van der Waals surface area contributed by atoms with E-state index >= 15 is 0 Å². The number of benzene rings is 9. The Labute approximate surface area is 321 Å². The average Bonchev–Trinajstić information content (AvgIpc) is 3.95. The summed E-state index contributed by atoms with van der Waals surface area (Å²) in [5.74, 6) is 0. The van der Waals surface area contributed by atoms with E-state index in [2.05, 4.69) is 157 Å². The molecule has 0 saturated heterocycles. The zero-order chi connectivity index (χ0) is 36.7. The highest BCUT2D eigenvalue weighted by Crippen LogP contribution is 2.48. The third-order valence-electron chi connectivity index (χ3n) is 11.2. The van der Waals surface area contributed by atoms with Gasteiger partial charge < -0.3 is 18.2 Å². The standard InChI is InChI=1S/C52H31NO3/c1-2-11-32(12-3-1)34-21-24-36(25-22-34)53(37-26-23-33-13-4-5-14-35(33)29-37)38-30-43(41-18-10-17-40-39-15-6-8-19-45(39)55-51(40)41)52-44(31-38)50-48(56-52)28-27-47-49(50)42-16-7-9-20-46(42)54-47/h1-31H. The smallest absolute Gasteiger partial charge is 0.143 e. The van der Waals surface area contributed by atoms with E-state index in [-0.39, 0.29) is 0 Å². The zero-order valence-corrected chi connectivity index (χ0v) is 30.1. The van der Waals surface area contributed by atoms with Crippen molar-refractivity contribution in [2.75, 3.05) is 4.90 Å². The Balaban J connectivity index is 1.19. The minimum absolute atomic E-state index is 0.798. The Kier molecular flexibility index (Phi) is 6.60. The van der Waals surface area contributed by atoms with Crippen molar-refractivity contribution in [2.45, 2.75) is 0 Å². The molecule has 0 saturated carbocycles. The van der Waals surface area contributed by atoms with Crippen LogP contribution < -0.4 is 4.90 Å². The Bertz CT molecular complexity index is 3480. The van der Waals surface area contributed by atoms with Gasteiger partial charge in [0.2, 0.25) is 0 Å². The van der Waals surface area contributed by atoms with Crippen LogP contribution in [0.2, 0.25) is 0 Å². The molecule has 56 heavy (non-hydrogen) atoms. The summed E-state index contributed by atoms with van der Waals surface area (Å²) in [6, 6.07) is 66.1. The molecule has 0 N–H and O–H groups in total. The van der Waals surface area contributed by atoms with E-state index in [1.54, 1.807) is 0 Å². The van der Waals surface area contributed by atoms with Crippen LogP contribution in [0.25, 0.3) is 98.8 Å². The van der Waals surface area contributed by atoms with Crippen molar-refractivity contribution in [3.05, 3.63) is 188 Å². The molecule has 9 aromatic carbocycles. The van der Waals surface area contributed by atoms with E-state index in [0.717, 1.165) is 99.6 Å². The Morgan fingerprint density at radius 1 is 0.304 bits per heavy atom. The van der Waals surface area contributed by atoms with E-state index in [0.29, 0.717) is 0 Å². The Morgan fingerprint density at radius 3 is 1.75 bits per heavy atom. The molecule has 0 aliphatic carbocycles. The van der Waals surface area contributed by atoms with Crippen molar-refractivity contribution in [1.29, 1.82) is 0 Å². The van der Waals surface area contributed by atoms with Gasteiger partial charge in [0.25, 0.3) is 0 Å². The maximum Gasteiger partial charge on any atom is 0.143 e. The summed E-state index contributed by atoms with van der Waals surface area (Å²) in [4.78, 5) is 2.36. The number of furan rings is 3. The highest BCUT2D eigenvalue weighted by Gasteiger charge is 2.24. The number of para-hydroxylation sites is 3. The minimum Gasteiger partial charge on any atom is -0.456 e. The summed E-state index contributed by atoms with van der Waals surface area (Å²) in [6.07, 6.45) is 0. The van der Waals surface area contributed by atoms with Gasteiger partial charge in [-0.1, -0.05) is 127 Å². The molecular formula is C52H31NO3. The van der Waals surface area contributed by atoms with Gasteiger partial charge in [0.1, 0.15) is 33.5 Å². The van der Waals surface area contributed by atoms with Crippen LogP contribution in [0.15, 0.2) is 201 Å². The number of anilines is 3. The molecule has 0 unspecified atom stereocenters. The molecule has 4 nitrogen and oxygen atoms in total. The van der Waals surface area contributed by atoms with Gasteiger partial charge in [0, 0.05) is 60.5 Å². The van der Waals surface area contributed by atoms with Crippen molar-refractivity contribution in [3.63, 3.8) is 0 Å². The van der Waals surface area contributed by atoms with Gasteiger partial charge in [-0.25, -0.2) is 0 Å². The van der Waals surface area contributed by atoms with Crippen LogP contribution in [0.1, 0.15) is 0 Å². The molecule has 3 heterocycles. The molecule has 0 radical (unpaired) electrons. The van der Waals surface area contributed by atoms with Crippen molar-refractivity contribution in [1.82, 2.24) is 0 Å². The first-order chi connectivity index (χ1) is 27.7. The first-order valence-electron chi connectivity index (χ1n) is 18.9. The lowest BCUT2D eigenvalue weighted by Gasteiger charge is -2.27. The van der Waals surface area contributed by atoms with Crippen molar-refractivity contribution >= 4 is 93.7 Å². The summed E-state index contributed by atoms with van der Waals surface area (Å²) in [5.41, 5.74) is 12.3. The second kappa shape index (κ2) is 12.0. The van der Waals surface area contributed by atoms with Gasteiger partial charge in [-0.2, -0.15) is 0 Å². The van der Waals surface area contributed by atoms with E-state index in [4.69, 9.17) is 13.3 Å². The third kappa shape index (κ3) is 4.66. The fourth-order valence-corrected chi connectivity index (χ4v) is 8.65. The van der Waals surface area contributed by atoms with Gasteiger partial charge in [0.05, 0.1) is 0 Å². The number of hydrogen-bond donors (Lipinski definition) is 0. The topological polar surface area (TPSA) is 42.7 Å². The van der Waals surface area contributed by atoms with Gasteiger partial charge in [-0.15, -0.1) is 0 Å². The average molecular weight is 718 g/mol. The molecule has 0 aliphatic rings. The Hall–Kier alpha value is -7.56. The third-order valence-corrected chi connectivity index (χ3v) is 11.2. The van der Waals surface area contributed by atoms with Crippen molar-refractivity contribution in [3.8, 4) is 22.3 Å². The van der Waals surface area contributed by atoms with E-state index in [1.807, 2.05) is 36.4 Å². The molecule has 0 fully saturated rings. The molecule has 12 rings (SSSR count). The molecule has 4 heteroatoms. The Morgan fingerprint density at radius 2 is 0.911 bits per heavy atom. The SMILES string of the molecule is c1ccc(-c2ccc(N(c3ccc4ccccc4c3)c3cc(-c4cccc5c4oc4ccccc45)c4oc5ccc6oc7ccccc7c6c5c4c3)cc2)cc1. The highest BCUT2D eigenvalue weighted by atomic mass is 16.3. The summed E-state index contributed by atoms with van der Waals surface area (Å²) in [6.45, 7) is 0. The van der Waals surface area contributed by atoms with Crippen LogP contribution >= 0.6 is 0 Å². The van der Waals surface area contributed by atoms with Crippen molar-refractivity contribution in [2.24, 2.45) is 0 Å². The second-order valence-electron chi connectivity index (χ2n) is 14.4. The molecule has 12 aromatic rings. The first kappa shape index (κ1) is 30.9.